The minimum absolute atomic E-state index is 0.228. The molecule has 2 N–H and O–H groups in total. The summed E-state index contributed by atoms with van der Waals surface area (Å²) in [4.78, 5) is 26.2. The highest BCUT2D eigenvalue weighted by Crippen LogP contribution is 2.33. The summed E-state index contributed by atoms with van der Waals surface area (Å²) in [5.74, 6) is -2.23. The van der Waals surface area contributed by atoms with Crippen molar-refractivity contribution < 1.29 is 23.1 Å². The molecule has 25 heavy (non-hydrogen) atoms. The average molecular weight is 351 g/mol. The van der Waals surface area contributed by atoms with Crippen LogP contribution in [0.15, 0.2) is 29.5 Å². The van der Waals surface area contributed by atoms with Gasteiger partial charge in [0.1, 0.15) is 0 Å². The van der Waals surface area contributed by atoms with E-state index in [9.17, 15) is 18.4 Å². The van der Waals surface area contributed by atoms with E-state index in [4.69, 9.17) is 4.74 Å². The van der Waals surface area contributed by atoms with Crippen molar-refractivity contribution in [2.75, 3.05) is 26.3 Å². The molecule has 0 radical (unpaired) electrons. The molecular weight excluding hydrogens is 332 g/mol. The number of hydrogen-bond acceptors (Lipinski definition) is 3. The van der Waals surface area contributed by atoms with Gasteiger partial charge in [0, 0.05) is 19.8 Å². The third-order valence-electron chi connectivity index (χ3n) is 4.22. The fraction of sp³-hybridized carbons (Fsp3) is 0.412. The molecule has 2 aliphatic heterocycles. The largest absolute Gasteiger partial charge is 0.382 e. The summed E-state index contributed by atoms with van der Waals surface area (Å²) in [7, 11) is 0. The fourth-order valence-electron chi connectivity index (χ4n) is 3.05. The first-order valence-electron chi connectivity index (χ1n) is 8.13. The molecule has 0 saturated carbocycles. The zero-order valence-corrected chi connectivity index (χ0v) is 13.8. The zero-order valence-electron chi connectivity index (χ0n) is 13.8. The Morgan fingerprint density at radius 3 is 2.80 bits per heavy atom. The Bertz CT molecular complexity index is 736. The van der Waals surface area contributed by atoms with Gasteiger partial charge in [-0.15, -0.1) is 0 Å². The lowest BCUT2D eigenvalue weighted by molar-refractivity contribution is -0.126. The Hall–Kier alpha value is -2.48. The van der Waals surface area contributed by atoms with E-state index in [1.54, 1.807) is 4.90 Å². The van der Waals surface area contributed by atoms with Crippen LogP contribution in [0.2, 0.25) is 0 Å². The summed E-state index contributed by atoms with van der Waals surface area (Å²) >= 11 is 0. The molecule has 0 aromatic heterocycles. The Morgan fingerprint density at radius 1 is 1.28 bits per heavy atom. The topological polar surface area (TPSA) is 70.7 Å². The summed E-state index contributed by atoms with van der Waals surface area (Å²) in [5.41, 5.74) is 1.19. The number of nitrogens with one attached hydrogen (secondary N) is 2. The molecule has 0 fully saturated rings. The van der Waals surface area contributed by atoms with Crippen LogP contribution in [-0.4, -0.2) is 43.1 Å². The van der Waals surface area contributed by atoms with E-state index in [-0.39, 0.29) is 12.5 Å². The van der Waals surface area contributed by atoms with Gasteiger partial charge in [-0.1, -0.05) is 6.07 Å². The van der Waals surface area contributed by atoms with E-state index < -0.39 is 23.7 Å². The number of rotatable bonds is 6. The van der Waals surface area contributed by atoms with Gasteiger partial charge >= 0.3 is 6.03 Å². The summed E-state index contributed by atoms with van der Waals surface area (Å²) < 4.78 is 32.0. The smallest absolute Gasteiger partial charge is 0.319 e. The average Bonchev–Trinajstić information content (AvgIpc) is 2.89. The lowest BCUT2D eigenvalue weighted by Crippen LogP contribution is -2.44. The Kier molecular flexibility index (Phi) is 4.98. The maximum absolute atomic E-state index is 13.6. The number of hydrogen-bond donors (Lipinski definition) is 2. The Labute approximate surface area is 143 Å². The van der Waals surface area contributed by atoms with Crippen LogP contribution in [-0.2, 0) is 9.53 Å². The molecule has 2 heterocycles. The molecule has 2 aliphatic rings. The first-order valence-corrected chi connectivity index (χ1v) is 8.13. The predicted molar refractivity (Wildman–Crippen MR) is 85.5 cm³/mol. The monoisotopic (exact) mass is 351 g/mol. The van der Waals surface area contributed by atoms with Crippen molar-refractivity contribution in [1.82, 2.24) is 15.5 Å². The van der Waals surface area contributed by atoms with E-state index in [0.29, 0.717) is 43.0 Å². The molecule has 3 amide bonds. The van der Waals surface area contributed by atoms with Gasteiger partial charge < -0.3 is 20.3 Å². The number of nitrogens with zero attached hydrogens (tertiary/aromatic N) is 1. The van der Waals surface area contributed by atoms with Crippen molar-refractivity contribution >= 4 is 11.9 Å². The van der Waals surface area contributed by atoms with E-state index in [0.717, 1.165) is 12.1 Å². The van der Waals surface area contributed by atoms with Crippen LogP contribution >= 0.6 is 0 Å². The molecular formula is C17H19F2N3O3. The maximum Gasteiger partial charge on any atom is 0.319 e. The third-order valence-corrected chi connectivity index (χ3v) is 4.22. The molecule has 0 spiro atoms. The summed E-state index contributed by atoms with van der Waals surface area (Å²) in [6, 6.07) is 2.07. The number of carbonyl (C=O) groups is 2. The second-order valence-electron chi connectivity index (χ2n) is 5.87. The predicted octanol–water partition coefficient (Wildman–Crippen LogP) is 1.84. The summed E-state index contributed by atoms with van der Waals surface area (Å²) in [5, 5.41) is 5.24. The van der Waals surface area contributed by atoms with Crippen LogP contribution in [0.4, 0.5) is 13.6 Å². The minimum atomic E-state index is -1.02. The van der Waals surface area contributed by atoms with Crippen molar-refractivity contribution in [3.05, 3.63) is 46.7 Å². The van der Waals surface area contributed by atoms with E-state index >= 15 is 0 Å². The lowest BCUT2D eigenvalue weighted by Gasteiger charge is -2.25. The Balaban J connectivity index is 1.81. The summed E-state index contributed by atoms with van der Waals surface area (Å²) in [6.45, 7) is 3.83. The summed E-state index contributed by atoms with van der Waals surface area (Å²) in [6.07, 6.45) is 0.678. The van der Waals surface area contributed by atoms with Crippen molar-refractivity contribution in [1.29, 1.82) is 0 Å². The molecule has 3 rings (SSSR count). The van der Waals surface area contributed by atoms with Gasteiger partial charge in [-0.2, -0.15) is 0 Å². The maximum atomic E-state index is 13.6. The van der Waals surface area contributed by atoms with Crippen LogP contribution in [0.25, 0.3) is 0 Å². The SMILES string of the molecule is CCOCCCN1CC2=C(C1=O)C(c1ccc(F)c(F)c1)NC(=O)N2. The first kappa shape index (κ1) is 17.3. The lowest BCUT2D eigenvalue weighted by atomic mass is 9.96. The molecule has 1 atom stereocenters. The van der Waals surface area contributed by atoms with Crippen LogP contribution in [0.1, 0.15) is 24.9 Å². The molecule has 1 unspecified atom stereocenters. The molecule has 0 saturated heterocycles. The van der Waals surface area contributed by atoms with Crippen LogP contribution < -0.4 is 10.6 Å². The highest BCUT2D eigenvalue weighted by Gasteiger charge is 2.40. The molecule has 1 aromatic carbocycles. The van der Waals surface area contributed by atoms with Crippen LogP contribution in [0.3, 0.4) is 0 Å². The van der Waals surface area contributed by atoms with Gasteiger partial charge in [0.15, 0.2) is 11.6 Å². The van der Waals surface area contributed by atoms with Gasteiger partial charge in [0.2, 0.25) is 0 Å². The molecule has 0 aliphatic carbocycles. The normalized spacial score (nSPS) is 19.8. The van der Waals surface area contributed by atoms with E-state index in [2.05, 4.69) is 10.6 Å². The van der Waals surface area contributed by atoms with Crippen molar-refractivity contribution in [3.8, 4) is 0 Å². The first-order chi connectivity index (χ1) is 12.0. The quantitative estimate of drug-likeness (QED) is 0.769. The third kappa shape index (κ3) is 3.48. The Morgan fingerprint density at radius 2 is 2.08 bits per heavy atom. The number of benzene rings is 1. The molecule has 1 aromatic rings. The van der Waals surface area contributed by atoms with Gasteiger partial charge in [0.25, 0.3) is 5.91 Å². The minimum Gasteiger partial charge on any atom is -0.382 e. The van der Waals surface area contributed by atoms with Gasteiger partial charge in [-0.25, -0.2) is 13.6 Å². The van der Waals surface area contributed by atoms with E-state index in [1.165, 1.54) is 6.07 Å². The van der Waals surface area contributed by atoms with Gasteiger partial charge in [0.05, 0.1) is 23.9 Å². The van der Waals surface area contributed by atoms with Gasteiger partial charge in [-0.05, 0) is 31.0 Å². The van der Waals surface area contributed by atoms with Crippen molar-refractivity contribution in [2.24, 2.45) is 0 Å². The number of halogens is 2. The molecule has 6 nitrogen and oxygen atoms in total. The zero-order chi connectivity index (χ0) is 18.0. The fourth-order valence-corrected chi connectivity index (χ4v) is 3.05. The van der Waals surface area contributed by atoms with Crippen molar-refractivity contribution in [2.45, 2.75) is 19.4 Å². The second kappa shape index (κ2) is 7.18. The van der Waals surface area contributed by atoms with Crippen molar-refractivity contribution in [3.63, 3.8) is 0 Å². The number of urea groups is 1. The number of amides is 3. The van der Waals surface area contributed by atoms with Gasteiger partial charge in [-0.3, -0.25) is 4.79 Å². The number of ether oxygens (including phenoxy) is 1. The molecule has 8 heteroatoms. The standard InChI is InChI=1S/C17H19F2N3O3/c1-2-25-7-3-6-22-9-13-14(16(22)23)15(21-17(24)20-13)10-4-5-11(18)12(19)8-10/h4-5,8,15H,2-3,6-7,9H2,1H3,(H2,20,21,24). The van der Waals surface area contributed by atoms with E-state index in [1.807, 2.05) is 6.92 Å². The second-order valence-corrected chi connectivity index (χ2v) is 5.87. The highest BCUT2D eigenvalue weighted by molar-refractivity contribution is 6.01. The highest BCUT2D eigenvalue weighted by atomic mass is 19.2. The number of carbonyl (C=O) groups excluding carboxylic acids is 2. The van der Waals surface area contributed by atoms with Crippen LogP contribution in [0.5, 0.6) is 0 Å². The molecule has 0 bridgehead atoms. The molecule has 134 valence electrons. The van der Waals surface area contributed by atoms with Crippen LogP contribution in [0, 0.1) is 11.6 Å².